The van der Waals surface area contributed by atoms with Crippen LogP contribution in [-0.4, -0.2) is 7.05 Å². The van der Waals surface area contributed by atoms with E-state index in [1.54, 1.807) is 11.3 Å². The first-order chi connectivity index (χ1) is 8.22. The van der Waals surface area contributed by atoms with Crippen LogP contribution >= 0.6 is 38.9 Å². The summed E-state index contributed by atoms with van der Waals surface area (Å²) in [6, 6.07) is 2.70. The molecule has 3 atom stereocenters. The smallest absolute Gasteiger partial charge is 0.107 e. The average Bonchev–Trinajstić information content (AvgIpc) is 2.95. The van der Waals surface area contributed by atoms with E-state index in [0.29, 0.717) is 6.04 Å². The first-order valence-corrected chi connectivity index (χ1v) is 8.33. The normalized spacial score (nSPS) is 33.2. The predicted molar refractivity (Wildman–Crippen MR) is 77.8 cm³/mol. The van der Waals surface area contributed by atoms with Gasteiger partial charge in [-0.15, -0.1) is 11.3 Å². The molecule has 1 aromatic rings. The zero-order chi connectivity index (χ0) is 12.0. The van der Waals surface area contributed by atoms with Crippen LogP contribution in [0.5, 0.6) is 0 Å². The molecule has 4 heteroatoms. The number of halogens is 2. The SMILES string of the molecule is CNC(c1cc(Br)c(Cl)s1)C1C2CCCCC21. The minimum absolute atomic E-state index is 0.511. The van der Waals surface area contributed by atoms with Crippen molar-refractivity contribution in [2.45, 2.75) is 31.7 Å². The molecule has 0 radical (unpaired) electrons. The number of hydrogen-bond acceptors (Lipinski definition) is 2. The van der Waals surface area contributed by atoms with Gasteiger partial charge in [0.05, 0.1) is 0 Å². The molecule has 0 aliphatic heterocycles. The molecule has 1 nitrogen and oxygen atoms in total. The van der Waals surface area contributed by atoms with Gasteiger partial charge in [-0.25, -0.2) is 0 Å². The maximum Gasteiger partial charge on any atom is 0.107 e. The molecule has 1 aromatic heterocycles. The maximum atomic E-state index is 6.15. The van der Waals surface area contributed by atoms with Gasteiger partial charge in [0.2, 0.25) is 0 Å². The topological polar surface area (TPSA) is 12.0 Å². The van der Waals surface area contributed by atoms with Crippen molar-refractivity contribution in [2.75, 3.05) is 7.05 Å². The van der Waals surface area contributed by atoms with Gasteiger partial charge in [-0.3, -0.25) is 0 Å². The van der Waals surface area contributed by atoms with Gasteiger partial charge in [0.25, 0.3) is 0 Å². The van der Waals surface area contributed by atoms with E-state index < -0.39 is 0 Å². The van der Waals surface area contributed by atoms with E-state index in [0.717, 1.165) is 26.6 Å². The molecule has 17 heavy (non-hydrogen) atoms. The van der Waals surface area contributed by atoms with E-state index in [2.05, 4.69) is 34.4 Å². The molecular weight excluding hydrogens is 318 g/mol. The fraction of sp³-hybridized carbons (Fsp3) is 0.692. The first kappa shape index (κ1) is 12.5. The quantitative estimate of drug-likeness (QED) is 0.832. The molecule has 2 aliphatic rings. The van der Waals surface area contributed by atoms with Crippen LogP contribution in [0, 0.1) is 17.8 Å². The average molecular weight is 335 g/mol. The molecule has 0 saturated heterocycles. The zero-order valence-electron chi connectivity index (χ0n) is 9.88. The van der Waals surface area contributed by atoms with E-state index in [1.807, 2.05) is 0 Å². The van der Waals surface area contributed by atoms with E-state index in [4.69, 9.17) is 11.6 Å². The second-order valence-corrected chi connectivity index (χ2v) is 7.77. The third-order valence-corrected chi connectivity index (χ3v) is 6.95. The summed E-state index contributed by atoms with van der Waals surface area (Å²) in [4.78, 5) is 1.39. The zero-order valence-corrected chi connectivity index (χ0v) is 13.0. The van der Waals surface area contributed by atoms with Crippen molar-refractivity contribution in [3.8, 4) is 0 Å². The lowest BCUT2D eigenvalue weighted by Crippen LogP contribution is -2.18. The highest BCUT2D eigenvalue weighted by Crippen LogP contribution is 2.61. The Morgan fingerprint density at radius 1 is 1.41 bits per heavy atom. The molecule has 1 heterocycles. The molecule has 3 unspecified atom stereocenters. The van der Waals surface area contributed by atoms with Gasteiger partial charge in [-0.2, -0.15) is 0 Å². The van der Waals surface area contributed by atoms with E-state index >= 15 is 0 Å². The highest BCUT2D eigenvalue weighted by atomic mass is 79.9. The van der Waals surface area contributed by atoms with Gasteiger partial charge in [0, 0.05) is 15.4 Å². The summed E-state index contributed by atoms with van der Waals surface area (Å²) < 4.78 is 1.92. The standard InChI is InChI=1S/C13H17BrClNS/c1-16-12(10-6-9(14)13(15)17-10)11-7-4-2-3-5-8(7)11/h6-8,11-12,16H,2-5H2,1H3. The van der Waals surface area contributed by atoms with Gasteiger partial charge < -0.3 is 5.32 Å². The molecule has 2 saturated carbocycles. The van der Waals surface area contributed by atoms with Crippen LogP contribution in [0.3, 0.4) is 0 Å². The summed E-state index contributed by atoms with van der Waals surface area (Å²) >= 11 is 11.4. The molecule has 0 bridgehead atoms. The number of fused-ring (bicyclic) bond motifs is 1. The second-order valence-electron chi connectivity index (χ2n) is 5.23. The Kier molecular flexibility index (Phi) is 3.55. The molecule has 94 valence electrons. The molecular formula is C13H17BrClNS. The Labute approximate surface area is 120 Å². The van der Waals surface area contributed by atoms with Gasteiger partial charge in [0.1, 0.15) is 4.34 Å². The molecule has 2 aliphatic carbocycles. The van der Waals surface area contributed by atoms with Crippen LogP contribution in [-0.2, 0) is 0 Å². The van der Waals surface area contributed by atoms with Crippen molar-refractivity contribution in [1.82, 2.24) is 5.32 Å². The lowest BCUT2D eigenvalue weighted by Gasteiger charge is -2.14. The monoisotopic (exact) mass is 333 g/mol. The lowest BCUT2D eigenvalue weighted by atomic mass is 10.0. The van der Waals surface area contributed by atoms with E-state index in [1.165, 1.54) is 30.6 Å². The van der Waals surface area contributed by atoms with Gasteiger partial charge >= 0.3 is 0 Å². The van der Waals surface area contributed by atoms with Gasteiger partial charge in [-0.05, 0) is 59.6 Å². The Balaban J connectivity index is 1.80. The van der Waals surface area contributed by atoms with Gasteiger partial charge in [0.15, 0.2) is 0 Å². The summed E-state index contributed by atoms with van der Waals surface area (Å²) in [5.74, 6) is 2.80. The summed E-state index contributed by atoms with van der Waals surface area (Å²) in [7, 11) is 2.08. The Bertz CT molecular complexity index is 388. The number of thiophene rings is 1. The Hall–Kier alpha value is 0.430. The van der Waals surface area contributed by atoms with Crippen LogP contribution < -0.4 is 5.32 Å². The number of nitrogens with one attached hydrogen (secondary N) is 1. The first-order valence-electron chi connectivity index (χ1n) is 6.34. The highest BCUT2D eigenvalue weighted by molar-refractivity contribution is 9.10. The molecule has 0 aromatic carbocycles. The van der Waals surface area contributed by atoms with Crippen LogP contribution in [0.2, 0.25) is 4.34 Å². The minimum atomic E-state index is 0.511. The lowest BCUT2D eigenvalue weighted by molar-refractivity contribution is 0.480. The second kappa shape index (κ2) is 4.84. The molecule has 1 N–H and O–H groups in total. The predicted octanol–water partition coefficient (Wildman–Crippen LogP) is 4.86. The van der Waals surface area contributed by atoms with Crippen molar-refractivity contribution < 1.29 is 0 Å². The van der Waals surface area contributed by atoms with Crippen LogP contribution in [0.15, 0.2) is 10.5 Å². The van der Waals surface area contributed by atoms with Crippen LogP contribution in [0.4, 0.5) is 0 Å². The fourth-order valence-electron chi connectivity index (χ4n) is 3.58. The summed E-state index contributed by atoms with van der Waals surface area (Å²) in [6.45, 7) is 0. The summed E-state index contributed by atoms with van der Waals surface area (Å²) in [6.07, 6.45) is 5.74. The third-order valence-electron chi connectivity index (χ3n) is 4.39. The summed E-state index contributed by atoms with van der Waals surface area (Å²) in [5.41, 5.74) is 0. The molecule has 2 fully saturated rings. The van der Waals surface area contributed by atoms with Crippen molar-refractivity contribution >= 4 is 38.9 Å². The van der Waals surface area contributed by atoms with Gasteiger partial charge in [-0.1, -0.05) is 24.4 Å². The Morgan fingerprint density at radius 3 is 2.53 bits per heavy atom. The summed E-state index contributed by atoms with van der Waals surface area (Å²) in [5, 5.41) is 3.51. The fourth-order valence-corrected chi connectivity index (χ4v) is 5.49. The third kappa shape index (κ3) is 2.20. The van der Waals surface area contributed by atoms with Crippen molar-refractivity contribution in [3.05, 3.63) is 19.8 Å². The number of rotatable bonds is 3. The van der Waals surface area contributed by atoms with E-state index in [-0.39, 0.29) is 0 Å². The largest absolute Gasteiger partial charge is 0.312 e. The molecule has 0 spiro atoms. The number of hydrogen-bond donors (Lipinski definition) is 1. The molecule has 3 rings (SSSR count). The highest BCUT2D eigenvalue weighted by Gasteiger charge is 2.54. The van der Waals surface area contributed by atoms with Crippen LogP contribution in [0.1, 0.15) is 36.6 Å². The van der Waals surface area contributed by atoms with Crippen molar-refractivity contribution in [3.63, 3.8) is 0 Å². The van der Waals surface area contributed by atoms with Crippen LogP contribution in [0.25, 0.3) is 0 Å². The van der Waals surface area contributed by atoms with E-state index in [9.17, 15) is 0 Å². The Morgan fingerprint density at radius 2 is 2.06 bits per heavy atom. The van der Waals surface area contributed by atoms with Crippen molar-refractivity contribution in [1.29, 1.82) is 0 Å². The minimum Gasteiger partial charge on any atom is -0.312 e. The maximum absolute atomic E-state index is 6.15. The molecule has 0 amide bonds. The van der Waals surface area contributed by atoms with Crippen molar-refractivity contribution in [2.24, 2.45) is 17.8 Å².